The zero-order chi connectivity index (χ0) is 22.1. The van der Waals surface area contributed by atoms with Gasteiger partial charge in [-0.2, -0.15) is 5.01 Å². The molecule has 0 radical (unpaired) electrons. The fourth-order valence-electron chi connectivity index (χ4n) is 2.85. The van der Waals surface area contributed by atoms with Crippen LogP contribution in [0.1, 0.15) is 33.1 Å². The highest BCUT2D eigenvalue weighted by molar-refractivity contribution is 7.89. The average molecular weight is 439 g/mol. The number of hydrogen-bond acceptors (Lipinski definition) is 7. The van der Waals surface area contributed by atoms with Crippen LogP contribution in [0, 0.1) is 0 Å². The largest absolute Gasteiger partial charge is 0.495 e. The number of rotatable bonds is 9. The molecule has 0 spiro atoms. The smallest absolute Gasteiger partial charge is 0.344 e. The molecule has 1 heterocycles. The number of anilines is 1. The Kier molecular flexibility index (Phi) is 5.90. The van der Waals surface area contributed by atoms with Crippen LogP contribution < -0.4 is 25.5 Å². The van der Waals surface area contributed by atoms with Gasteiger partial charge in [0.2, 0.25) is 10.0 Å². The van der Waals surface area contributed by atoms with Gasteiger partial charge in [-0.1, -0.05) is 6.92 Å². The number of carbonyl (C=O) groups is 3. The maximum atomic E-state index is 12.4. The summed E-state index contributed by atoms with van der Waals surface area (Å²) >= 11 is 0. The van der Waals surface area contributed by atoms with Crippen molar-refractivity contribution in [1.82, 2.24) is 20.5 Å². The van der Waals surface area contributed by atoms with Crippen molar-refractivity contribution < 1.29 is 27.5 Å². The molecule has 0 aromatic heterocycles. The number of carbonyl (C=O) groups excluding carboxylic acids is 3. The van der Waals surface area contributed by atoms with Gasteiger partial charge >= 0.3 is 6.03 Å². The van der Waals surface area contributed by atoms with Gasteiger partial charge in [0, 0.05) is 6.04 Å². The summed E-state index contributed by atoms with van der Waals surface area (Å²) in [7, 11) is -2.27. The first-order valence-electron chi connectivity index (χ1n) is 9.50. The topological polar surface area (TPSA) is 146 Å². The highest BCUT2D eigenvalue weighted by Gasteiger charge is 2.47. The van der Waals surface area contributed by atoms with E-state index in [9.17, 15) is 22.8 Å². The zero-order valence-corrected chi connectivity index (χ0v) is 17.8. The molecule has 2 fully saturated rings. The van der Waals surface area contributed by atoms with Crippen LogP contribution in [0.5, 0.6) is 5.75 Å². The maximum Gasteiger partial charge on any atom is 0.344 e. The van der Waals surface area contributed by atoms with Crippen molar-refractivity contribution in [2.45, 2.75) is 49.6 Å². The number of nitrogens with one attached hydrogen (secondary N) is 4. The number of benzene rings is 1. The van der Waals surface area contributed by atoms with Crippen LogP contribution in [0.3, 0.4) is 0 Å². The number of imide groups is 1. The minimum absolute atomic E-state index is 0.0333. The highest BCUT2D eigenvalue weighted by Crippen LogP contribution is 2.29. The van der Waals surface area contributed by atoms with Gasteiger partial charge in [0.25, 0.3) is 11.8 Å². The number of nitrogens with zero attached hydrogens (tertiary/aromatic N) is 1. The number of sulfonamides is 1. The predicted octanol–water partition coefficient (Wildman–Crippen LogP) is 0.300. The van der Waals surface area contributed by atoms with E-state index in [4.69, 9.17) is 4.74 Å². The molecule has 4 amide bonds. The molecule has 1 unspecified atom stereocenters. The molecule has 1 saturated heterocycles. The lowest BCUT2D eigenvalue weighted by Gasteiger charge is -2.19. The van der Waals surface area contributed by atoms with Crippen LogP contribution in [-0.2, 0) is 19.6 Å². The molecule has 2 aliphatic rings. The second-order valence-corrected chi connectivity index (χ2v) is 9.12. The van der Waals surface area contributed by atoms with Gasteiger partial charge < -0.3 is 15.4 Å². The summed E-state index contributed by atoms with van der Waals surface area (Å²) in [6.45, 7) is 3.00. The molecular formula is C18H25N5O6S. The van der Waals surface area contributed by atoms with E-state index in [1.54, 1.807) is 13.8 Å². The Morgan fingerprint density at radius 3 is 2.60 bits per heavy atom. The summed E-state index contributed by atoms with van der Waals surface area (Å²) in [5, 5.41) is 5.96. The van der Waals surface area contributed by atoms with Crippen LogP contribution in [0.25, 0.3) is 0 Å². The lowest BCUT2D eigenvalue weighted by Crippen LogP contribution is -2.50. The van der Waals surface area contributed by atoms with E-state index in [1.165, 1.54) is 25.3 Å². The monoisotopic (exact) mass is 439 g/mol. The van der Waals surface area contributed by atoms with E-state index in [1.807, 2.05) is 0 Å². The summed E-state index contributed by atoms with van der Waals surface area (Å²) in [5.41, 5.74) is 1.46. The molecule has 11 nitrogen and oxygen atoms in total. The molecule has 4 N–H and O–H groups in total. The second kappa shape index (κ2) is 8.11. The summed E-state index contributed by atoms with van der Waals surface area (Å²) in [4.78, 5) is 36.6. The van der Waals surface area contributed by atoms with Crippen LogP contribution >= 0.6 is 0 Å². The molecule has 1 aliphatic carbocycles. The molecule has 3 rings (SSSR count). The van der Waals surface area contributed by atoms with Gasteiger partial charge in [-0.25, -0.2) is 17.9 Å². The first-order chi connectivity index (χ1) is 14.1. The molecule has 1 aromatic rings. The Morgan fingerprint density at radius 1 is 1.33 bits per heavy atom. The number of hydrazine groups is 1. The quantitative estimate of drug-likeness (QED) is 0.405. The molecule has 0 bridgehead atoms. The van der Waals surface area contributed by atoms with Gasteiger partial charge in [0.05, 0.1) is 24.2 Å². The van der Waals surface area contributed by atoms with E-state index in [-0.39, 0.29) is 23.2 Å². The van der Waals surface area contributed by atoms with Gasteiger partial charge in [-0.3, -0.25) is 15.0 Å². The molecule has 164 valence electrons. The van der Waals surface area contributed by atoms with Crippen molar-refractivity contribution in [3.8, 4) is 5.75 Å². The number of methoxy groups -OCH3 is 1. The standard InChI is InChI=1S/C18H25N5O6S/c1-4-18(2)16(25)23(17(26)20-18)21-15(24)10-19-13-9-12(7-8-14(13)29-3)30(27,28)22-11-5-6-11/h7-9,11,19,22H,4-6,10H2,1-3H3,(H,20,26)(H,21,24). The number of amides is 4. The minimum Gasteiger partial charge on any atom is -0.495 e. The third-order valence-corrected chi connectivity index (χ3v) is 6.54. The SMILES string of the molecule is CCC1(C)NC(=O)N(NC(=O)CNc2cc(S(=O)(=O)NC3CC3)ccc2OC)C1=O. The van der Waals surface area contributed by atoms with Gasteiger partial charge in [-0.05, 0) is 44.4 Å². The maximum absolute atomic E-state index is 12.4. The van der Waals surface area contributed by atoms with Crippen molar-refractivity contribution in [3.63, 3.8) is 0 Å². The third-order valence-electron chi connectivity index (χ3n) is 5.02. The van der Waals surface area contributed by atoms with Crippen molar-refractivity contribution in [1.29, 1.82) is 0 Å². The Morgan fingerprint density at radius 2 is 2.03 bits per heavy atom. The van der Waals surface area contributed by atoms with Crippen LogP contribution in [0.4, 0.5) is 10.5 Å². The Balaban J connectivity index is 1.67. The van der Waals surface area contributed by atoms with Crippen molar-refractivity contribution >= 4 is 33.6 Å². The third kappa shape index (κ3) is 4.49. The van der Waals surface area contributed by atoms with Gasteiger partial charge in [0.1, 0.15) is 11.3 Å². The van der Waals surface area contributed by atoms with Crippen molar-refractivity contribution in [3.05, 3.63) is 18.2 Å². The molecule has 1 aliphatic heterocycles. The van der Waals surface area contributed by atoms with E-state index in [0.29, 0.717) is 17.2 Å². The molecule has 1 aromatic carbocycles. The molecule has 30 heavy (non-hydrogen) atoms. The second-order valence-electron chi connectivity index (χ2n) is 7.40. The Bertz CT molecular complexity index is 977. The highest BCUT2D eigenvalue weighted by atomic mass is 32.2. The fraction of sp³-hybridized carbons (Fsp3) is 0.500. The summed E-state index contributed by atoms with van der Waals surface area (Å²) in [6, 6.07) is 3.49. The van der Waals surface area contributed by atoms with E-state index in [0.717, 1.165) is 12.8 Å². The van der Waals surface area contributed by atoms with Crippen molar-refractivity contribution in [2.24, 2.45) is 0 Å². The molecule has 1 atom stereocenters. The zero-order valence-electron chi connectivity index (χ0n) is 16.9. The number of ether oxygens (including phenoxy) is 1. The summed E-state index contributed by atoms with van der Waals surface area (Å²) in [6.07, 6.45) is 1.98. The average Bonchev–Trinajstić information content (AvgIpc) is 3.49. The fourth-order valence-corrected chi connectivity index (χ4v) is 4.18. The molecule has 1 saturated carbocycles. The van der Waals surface area contributed by atoms with Crippen LogP contribution in [0.15, 0.2) is 23.1 Å². The van der Waals surface area contributed by atoms with E-state index < -0.39 is 33.4 Å². The summed E-state index contributed by atoms with van der Waals surface area (Å²) < 4.78 is 32.6. The predicted molar refractivity (Wildman–Crippen MR) is 107 cm³/mol. The number of urea groups is 1. The lowest BCUT2D eigenvalue weighted by molar-refractivity contribution is -0.138. The number of hydrogen-bond donors (Lipinski definition) is 4. The van der Waals surface area contributed by atoms with Crippen LogP contribution in [-0.4, -0.2) is 56.5 Å². The van der Waals surface area contributed by atoms with E-state index >= 15 is 0 Å². The lowest BCUT2D eigenvalue weighted by atomic mass is 10.00. The Hall–Kier alpha value is -2.86. The van der Waals surface area contributed by atoms with Crippen molar-refractivity contribution in [2.75, 3.05) is 19.0 Å². The van der Waals surface area contributed by atoms with Crippen LogP contribution in [0.2, 0.25) is 0 Å². The molecular weight excluding hydrogens is 414 g/mol. The minimum atomic E-state index is -3.68. The first-order valence-corrected chi connectivity index (χ1v) is 11.0. The van der Waals surface area contributed by atoms with Gasteiger partial charge in [0.15, 0.2) is 0 Å². The first kappa shape index (κ1) is 21.8. The summed E-state index contributed by atoms with van der Waals surface area (Å²) in [5.74, 6) is -0.882. The van der Waals surface area contributed by atoms with E-state index in [2.05, 4.69) is 20.8 Å². The molecule has 12 heteroatoms. The Labute approximate surface area is 174 Å². The van der Waals surface area contributed by atoms with Gasteiger partial charge in [-0.15, -0.1) is 0 Å². The normalized spacial score (nSPS) is 21.4.